The van der Waals surface area contributed by atoms with Crippen molar-refractivity contribution in [3.63, 3.8) is 0 Å². The van der Waals surface area contributed by atoms with Crippen LogP contribution < -0.4 is 0 Å². The molecule has 0 aliphatic heterocycles. The average molecular weight is 402 g/mol. The molecule has 2 aliphatic rings. The number of hydrogen-bond acceptors (Lipinski definition) is 2. The Balaban J connectivity index is 1.60. The molecular formula is C28H35NO. The number of aliphatic hydroxyl groups is 1. The summed E-state index contributed by atoms with van der Waals surface area (Å²) in [4.78, 5) is 2.70. The van der Waals surface area contributed by atoms with Gasteiger partial charge in [0, 0.05) is 23.2 Å². The van der Waals surface area contributed by atoms with E-state index < -0.39 is 5.60 Å². The molecule has 2 saturated carbocycles. The zero-order valence-electron chi connectivity index (χ0n) is 18.1. The maximum atomic E-state index is 11.7. The Morgan fingerprint density at radius 2 is 1.13 bits per heavy atom. The van der Waals surface area contributed by atoms with Gasteiger partial charge in [0.1, 0.15) is 0 Å². The Kier molecular flexibility index (Phi) is 7.26. The van der Waals surface area contributed by atoms with E-state index in [-0.39, 0.29) is 0 Å². The minimum absolute atomic E-state index is 0.665. The molecule has 0 spiro atoms. The van der Waals surface area contributed by atoms with Crippen molar-refractivity contribution in [3.8, 4) is 11.8 Å². The van der Waals surface area contributed by atoms with E-state index >= 15 is 0 Å². The van der Waals surface area contributed by atoms with Gasteiger partial charge in [0.2, 0.25) is 0 Å². The normalized spacial score (nSPS) is 18.7. The molecule has 2 heteroatoms. The molecule has 2 fully saturated rings. The van der Waals surface area contributed by atoms with Crippen LogP contribution in [0.5, 0.6) is 0 Å². The number of rotatable bonds is 5. The maximum Gasteiger partial charge on any atom is 0.176 e. The summed E-state index contributed by atoms with van der Waals surface area (Å²) in [6.07, 6.45) is 13.4. The van der Waals surface area contributed by atoms with Gasteiger partial charge < -0.3 is 5.11 Å². The standard InChI is InChI=1S/C28H35NO/c30-28(24-14-5-1-6-15-24,25-16-7-2-8-17-25)22-13-23-29(26-18-9-3-10-19-26)27-20-11-4-12-21-27/h1-2,5-8,14-17,26-27,30H,3-4,9-12,18-21,23H2. The van der Waals surface area contributed by atoms with Crippen LogP contribution in [0.4, 0.5) is 0 Å². The smallest absolute Gasteiger partial charge is 0.176 e. The van der Waals surface area contributed by atoms with Gasteiger partial charge in [-0.15, -0.1) is 0 Å². The second-order valence-electron chi connectivity index (χ2n) is 9.00. The van der Waals surface area contributed by atoms with Crippen LogP contribution in [0.1, 0.15) is 75.3 Å². The van der Waals surface area contributed by atoms with Crippen LogP contribution >= 0.6 is 0 Å². The first-order valence-corrected chi connectivity index (χ1v) is 11.9. The van der Waals surface area contributed by atoms with Gasteiger partial charge in [-0.3, -0.25) is 4.90 Å². The molecule has 4 rings (SSSR count). The van der Waals surface area contributed by atoms with E-state index in [9.17, 15) is 5.11 Å². The van der Waals surface area contributed by atoms with Gasteiger partial charge >= 0.3 is 0 Å². The Labute approximate surface area is 182 Å². The predicted molar refractivity (Wildman–Crippen MR) is 124 cm³/mol. The molecule has 0 aromatic heterocycles. The molecule has 0 radical (unpaired) electrons. The fraction of sp³-hybridized carbons (Fsp3) is 0.500. The molecule has 0 bridgehead atoms. The highest BCUT2D eigenvalue weighted by atomic mass is 16.3. The first kappa shape index (κ1) is 21.2. The highest BCUT2D eigenvalue weighted by Gasteiger charge is 2.30. The van der Waals surface area contributed by atoms with Gasteiger partial charge in [-0.2, -0.15) is 0 Å². The van der Waals surface area contributed by atoms with E-state index in [1.54, 1.807) is 0 Å². The highest BCUT2D eigenvalue weighted by Crippen LogP contribution is 2.31. The molecule has 1 N–H and O–H groups in total. The lowest BCUT2D eigenvalue weighted by molar-refractivity contribution is 0.0955. The minimum atomic E-state index is -1.27. The lowest BCUT2D eigenvalue weighted by atomic mass is 9.86. The van der Waals surface area contributed by atoms with Crippen LogP contribution in [0, 0.1) is 11.8 Å². The first-order chi connectivity index (χ1) is 14.8. The summed E-state index contributed by atoms with van der Waals surface area (Å²) in [5.74, 6) is 6.74. The van der Waals surface area contributed by atoms with E-state index in [1.807, 2.05) is 60.7 Å². The van der Waals surface area contributed by atoms with Gasteiger partial charge in [0.25, 0.3) is 0 Å². The number of hydrogen-bond donors (Lipinski definition) is 1. The van der Waals surface area contributed by atoms with Gasteiger partial charge in [0.05, 0.1) is 6.54 Å². The lowest BCUT2D eigenvalue weighted by Gasteiger charge is -2.40. The van der Waals surface area contributed by atoms with Crippen molar-refractivity contribution in [2.45, 2.75) is 81.9 Å². The summed E-state index contributed by atoms with van der Waals surface area (Å²) in [6.45, 7) is 0.761. The molecule has 0 heterocycles. The zero-order chi connectivity index (χ0) is 20.7. The third-order valence-electron chi connectivity index (χ3n) is 7.00. The molecule has 2 aromatic rings. The average Bonchev–Trinajstić information content (AvgIpc) is 2.84. The monoisotopic (exact) mass is 401 g/mol. The summed E-state index contributed by atoms with van der Waals surface area (Å²) in [6, 6.07) is 21.1. The fourth-order valence-corrected chi connectivity index (χ4v) is 5.31. The largest absolute Gasteiger partial charge is 0.369 e. The summed E-state index contributed by atoms with van der Waals surface area (Å²) in [5, 5.41) is 11.7. The van der Waals surface area contributed by atoms with Gasteiger partial charge in [-0.25, -0.2) is 0 Å². The number of nitrogens with zero attached hydrogens (tertiary/aromatic N) is 1. The van der Waals surface area contributed by atoms with E-state index in [0.29, 0.717) is 12.1 Å². The molecule has 2 aromatic carbocycles. The van der Waals surface area contributed by atoms with Crippen molar-refractivity contribution in [2.75, 3.05) is 6.54 Å². The van der Waals surface area contributed by atoms with E-state index in [4.69, 9.17) is 0 Å². The lowest BCUT2D eigenvalue weighted by Crippen LogP contribution is -2.45. The highest BCUT2D eigenvalue weighted by molar-refractivity contribution is 5.44. The summed E-state index contributed by atoms with van der Waals surface area (Å²) >= 11 is 0. The Morgan fingerprint density at radius 3 is 1.57 bits per heavy atom. The van der Waals surface area contributed by atoms with Crippen LogP contribution in [0.3, 0.4) is 0 Å². The molecule has 2 nitrogen and oxygen atoms in total. The van der Waals surface area contributed by atoms with Gasteiger partial charge in [0.15, 0.2) is 5.60 Å². The van der Waals surface area contributed by atoms with Crippen LogP contribution in [0.2, 0.25) is 0 Å². The van der Waals surface area contributed by atoms with E-state index in [2.05, 4.69) is 16.7 Å². The zero-order valence-corrected chi connectivity index (χ0v) is 18.1. The topological polar surface area (TPSA) is 23.5 Å². The van der Waals surface area contributed by atoms with Crippen LogP contribution in [-0.2, 0) is 5.60 Å². The van der Waals surface area contributed by atoms with E-state index in [0.717, 1.165) is 17.7 Å². The second kappa shape index (κ2) is 10.3. The van der Waals surface area contributed by atoms with Crippen LogP contribution in [0.25, 0.3) is 0 Å². The molecule has 0 amide bonds. The molecule has 2 aliphatic carbocycles. The predicted octanol–water partition coefficient (Wildman–Crippen LogP) is 5.89. The maximum absolute atomic E-state index is 11.7. The third kappa shape index (κ3) is 4.97. The van der Waals surface area contributed by atoms with Crippen LogP contribution in [0.15, 0.2) is 60.7 Å². The Hall–Kier alpha value is -2.08. The van der Waals surface area contributed by atoms with Crippen molar-refractivity contribution < 1.29 is 5.11 Å². The summed E-state index contributed by atoms with van der Waals surface area (Å²) in [5.41, 5.74) is 0.406. The molecule has 0 unspecified atom stereocenters. The van der Waals surface area contributed by atoms with Crippen molar-refractivity contribution in [1.82, 2.24) is 4.90 Å². The summed E-state index contributed by atoms with van der Waals surface area (Å²) < 4.78 is 0. The van der Waals surface area contributed by atoms with Crippen molar-refractivity contribution in [1.29, 1.82) is 0 Å². The second-order valence-corrected chi connectivity index (χ2v) is 9.00. The van der Waals surface area contributed by atoms with Crippen molar-refractivity contribution in [3.05, 3.63) is 71.8 Å². The molecule has 30 heavy (non-hydrogen) atoms. The molecule has 0 saturated heterocycles. The molecule has 158 valence electrons. The summed E-state index contributed by atoms with van der Waals surface area (Å²) in [7, 11) is 0. The van der Waals surface area contributed by atoms with Crippen molar-refractivity contribution in [2.24, 2.45) is 0 Å². The molecule has 0 atom stereocenters. The fourth-order valence-electron chi connectivity index (χ4n) is 5.31. The quantitative estimate of drug-likeness (QED) is 0.631. The molecular weight excluding hydrogens is 366 g/mol. The third-order valence-corrected chi connectivity index (χ3v) is 7.00. The Morgan fingerprint density at radius 1 is 0.700 bits per heavy atom. The van der Waals surface area contributed by atoms with Gasteiger partial charge in [-0.1, -0.05) is 111 Å². The van der Waals surface area contributed by atoms with Crippen LogP contribution in [-0.4, -0.2) is 28.6 Å². The Bertz CT molecular complexity index is 766. The minimum Gasteiger partial charge on any atom is -0.369 e. The van der Waals surface area contributed by atoms with Gasteiger partial charge in [-0.05, 0) is 25.7 Å². The SMILES string of the molecule is OC(C#CCN(C1CCCCC1)C1CCCCC1)(c1ccccc1)c1ccccc1. The first-order valence-electron chi connectivity index (χ1n) is 11.9. The van der Waals surface area contributed by atoms with Crippen molar-refractivity contribution >= 4 is 0 Å². The number of benzene rings is 2. The van der Waals surface area contributed by atoms with E-state index in [1.165, 1.54) is 64.2 Å².